The minimum Gasteiger partial charge on any atom is -0.332 e. The molecule has 1 heterocycles. The highest BCUT2D eigenvalue weighted by atomic mass is 32.1. The molecule has 3 rings (SSSR count). The number of carbonyl (C=O) groups excluding carboxylic acids is 2. The predicted octanol–water partition coefficient (Wildman–Crippen LogP) is 4.15. The molecule has 7 nitrogen and oxygen atoms in total. The third-order valence-corrected chi connectivity index (χ3v) is 4.97. The van der Waals surface area contributed by atoms with Gasteiger partial charge in [0, 0.05) is 29.9 Å². The lowest BCUT2D eigenvalue weighted by Gasteiger charge is -2.12. The van der Waals surface area contributed by atoms with Crippen LogP contribution in [0.2, 0.25) is 0 Å². The summed E-state index contributed by atoms with van der Waals surface area (Å²) >= 11 is 5.25. The molecule has 0 saturated carbocycles. The number of aromatic nitrogens is 2. The van der Waals surface area contributed by atoms with Crippen molar-refractivity contribution in [1.29, 1.82) is 0 Å². The lowest BCUT2D eigenvalue weighted by molar-refractivity contribution is -0.115. The molecule has 2 amide bonds. The van der Waals surface area contributed by atoms with Gasteiger partial charge < -0.3 is 15.6 Å². The monoisotopic (exact) mass is 422 g/mol. The van der Waals surface area contributed by atoms with E-state index >= 15 is 0 Å². The van der Waals surface area contributed by atoms with Crippen LogP contribution >= 0.6 is 12.2 Å². The first-order valence-electron chi connectivity index (χ1n) is 9.43. The van der Waals surface area contributed by atoms with Crippen LogP contribution in [0.5, 0.6) is 0 Å². The van der Waals surface area contributed by atoms with E-state index in [-0.39, 0.29) is 22.1 Å². The van der Waals surface area contributed by atoms with Crippen LogP contribution in [0.3, 0.4) is 0 Å². The van der Waals surface area contributed by atoms with E-state index in [9.17, 15) is 14.4 Å². The number of amides is 2. The van der Waals surface area contributed by atoms with Crippen LogP contribution in [0, 0.1) is 11.7 Å². The predicted molar refractivity (Wildman–Crippen MR) is 122 cm³/mol. The first kappa shape index (κ1) is 21.2. The zero-order valence-electron chi connectivity index (χ0n) is 16.7. The average molecular weight is 423 g/mol. The molecule has 1 aromatic heterocycles. The highest BCUT2D eigenvalue weighted by Crippen LogP contribution is 2.22. The van der Waals surface area contributed by atoms with Crippen LogP contribution in [-0.2, 0) is 11.3 Å². The maximum Gasteiger partial charge on any atom is 0.262 e. The quantitative estimate of drug-likeness (QED) is 0.411. The Kier molecular flexibility index (Phi) is 6.27. The Morgan fingerprint density at radius 2 is 1.97 bits per heavy atom. The van der Waals surface area contributed by atoms with Crippen molar-refractivity contribution >= 4 is 46.3 Å². The SMILES string of the molecule is C=CCn1c(=S)[nH]c2cc(C(=O)Nc3cc(NC(=O)CC)ccc3C)ccc2c1=O. The van der Waals surface area contributed by atoms with E-state index in [2.05, 4.69) is 22.2 Å². The van der Waals surface area contributed by atoms with Gasteiger partial charge in [-0.1, -0.05) is 19.1 Å². The summed E-state index contributed by atoms with van der Waals surface area (Å²) in [5.41, 5.74) is 2.66. The maximum atomic E-state index is 12.8. The molecule has 0 fully saturated rings. The topological polar surface area (TPSA) is 96.0 Å². The molecule has 0 spiro atoms. The number of fused-ring (bicyclic) bond motifs is 1. The lowest BCUT2D eigenvalue weighted by atomic mass is 10.1. The zero-order valence-corrected chi connectivity index (χ0v) is 17.6. The Hall–Kier alpha value is -3.52. The summed E-state index contributed by atoms with van der Waals surface area (Å²) in [4.78, 5) is 40.0. The number of carbonyl (C=O) groups is 2. The average Bonchev–Trinajstić information content (AvgIpc) is 2.72. The fourth-order valence-electron chi connectivity index (χ4n) is 2.97. The van der Waals surface area contributed by atoms with Gasteiger partial charge >= 0.3 is 0 Å². The van der Waals surface area contributed by atoms with E-state index in [0.717, 1.165) is 5.56 Å². The fraction of sp³-hybridized carbons (Fsp3) is 0.182. The summed E-state index contributed by atoms with van der Waals surface area (Å²) in [5, 5.41) is 6.06. The van der Waals surface area contributed by atoms with Gasteiger partial charge in [0.15, 0.2) is 4.77 Å². The first-order chi connectivity index (χ1) is 14.3. The molecule has 3 aromatic rings. The highest BCUT2D eigenvalue weighted by Gasteiger charge is 2.12. The van der Waals surface area contributed by atoms with Crippen molar-refractivity contribution < 1.29 is 9.59 Å². The van der Waals surface area contributed by atoms with Gasteiger partial charge in [-0.2, -0.15) is 0 Å². The van der Waals surface area contributed by atoms with E-state index in [0.29, 0.717) is 40.8 Å². The van der Waals surface area contributed by atoms with Crippen LogP contribution < -0.4 is 16.2 Å². The standard InChI is InChI=1S/C22H22N4O3S/c1-4-10-26-21(29)16-9-7-14(11-18(16)25-22(26)30)20(28)24-17-12-15(8-6-13(17)3)23-19(27)5-2/h4,6-9,11-12H,1,5,10H2,2-3H3,(H,23,27)(H,24,28)(H,25,30). The largest absolute Gasteiger partial charge is 0.332 e. The Labute approximate surface area is 178 Å². The molecule has 0 atom stereocenters. The minimum absolute atomic E-state index is 0.108. The lowest BCUT2D eigenvalue weighted by Crippen LogP contribution is -2.22. The second kappa shape index (κ2) is 8.87. The van der Waals surface area contributed by atoms with Crippen molar-refractivity contribution in [3.8, 4) is 0 Å². The Bertz CT molecular complexity index is 1270. The summed E-state index contributed by atoms with van der Waals surface area (Å²) in [5.74, 6) is -0.448. The number of benzene rings is 2. The third-order valence-electron chi connectivity index (χ3n) is 4.65. The van der Waals surface area contributed by atoms with Gasteiger partial charge in [-0.3, -0.25) is 19.0 Å². The summed E-state index contributed by atoms with van der Waals surface area (Å²) in [6, 6.07) is 10.1. The highest BCUT2D eigenvalue weighted by molar-refractivity contribution is 7.71. The molecular weight excluding hydrogens is 400 g/mol. The molecule has 0 bridgehead atoms. The normalized spacial score (nSPS) is 10.6. The second-order valence-corrected chi connectivity index (χ2v) is 7.17. The number of hydrogen-bond donors (Lipinski definition) is 3. The molecule has 3 N–H and O–H groups in total. The van der Waals surface area contributed by atoms with Crippen molar-refractivity contribution in [3.63, 3.8) is 0 Å². The summed E-state index contributed by atoms with van der Waals surface area (Å²) in [6.07, 6.45) is 1.96. The number of aromatic amines is 1. The van der Waals surface area contributed by atoms with Crippen molar-refractivity contribution in [2.24, 2.45) is 0 Å². The molecule has 0 radical (unpaired) electrons. The van der Waals surface area contributed by atoms with Crippen molar-refractivity contribution in [2.75, 3.05) is 10.6 Å². The zero-order chi connectivity index (χ0) is 21.8. The molecule has 2 aromatic carbocycles. The molecule has 0 aliphatic carbocycles. The molecular formula is C22H22N4O3S. The molecule has 0 unspecified atom stereocenters. The number of rotatable bonds is 6. The van der Waals surface area contributed by atoms with E-state index in [1.807, 2.05) is 13.0 Å². The van der Waals surface area contributed by atoms with Crippen LogP contribution in [0.15, 0.2) is 53.8 Å². The van der Waals surface area contributed by atoms with Crippen molar-refractivity contribution in [3.05, 3.63) is 75.3 Å². The van der Waals surface area contributed by atoms with E-state index in [1.54, 1.807) is 43.3 Å². The minimum atomic E-state index is -0.339. The number of H-pyrrole nitrogens is 1. The number of nitrogens with zero attached hydrogens (tertiary/aromatic N) is 1. The Balaban J connectivity index is 1.92. The van der Waals surface area contributed by atoms with Gasteiger partial charge in [-0.25, -0.2) is 0 Å². The smallest absolute Gasteiger partial charge is 0.262 e. The number of allylic oxidation sites excluding steroid dienone is 1. The molecule has 0 saturated heterocycles. The van der Waals surface area contributed by atoms with Crippen LogP contribution in [-0.4, -0.2) is 21.4 Å². The van der Waals surface area contributed by atoms with Gasteiger partial charge in [0.1, 0.15) is 0 Å². The number of aryl methyl sites for hydroxylation is 1. The number of hydrogen-bond acceptors (Lipinski definition) is 4. The summed E-state index contributed by atoms with van der Waals surface area (Å²) < 4.78 is 1.67. The van der Waals surface area contributed by atoms with Gasteiger partial charge in [-0.05, 0) is 55.0 Å². The van der Waals surface area contributed by atoms with E-state index < -0.39 is 0 Å². The molecule has 30 heavy (non-hydrogen) atoms. The number of anilines is 2. The molecule has 0 aliphatic heterocycles. The summed E-state index contributed by atoms with van der Waals surface area (Å²) in [7, 11) is 0. The van der Waals surface area contributed by atoms with Crippen molar-refractivity contribution in [2.45, 2.75) is 26.8 Å². The van der Waals surface area contributed by atoms with Gasteiger partial charge in [0.05, 0.1) is 10.9 Å². The van der Waals surface area contributed by atoms with Gasteiger partial charge in [-0.15, -0.1) is 6.58 Å². The van der Waals surface area contributed by atoms with E-state index in [1.165, 1.54) is 4.57 Å². The Morgan fingerprint density at radius 3 is 2.67 bits per heavy atom. The molecule has 0 aliphatic rings. The summed E-state index contributed by atoms with van der Waals surface area (Å²) in [6.45, 7) is 7.56. The molecule has 154 valence electrons. The maximum absolute atomic E-state index is 12.8. The van der Waals surface area contributed by atoms with Gasteiger partial charge in [0.2, 0.25) is 5.91 Å². The second-order valence-electron chi connectivity index (χ2n) is 6.78. The Morgan fingerprint density at radius 1 is 1.20 bits per heavy atom. The molecule has 8 heteroatoms. The van der Waals surface area contributed by atoms with Crippen LogP contribution in [0.4, 0.5) is 11.4 Å². The van der Waals surface area contributed by atoms with Crippen LogP contribution in [0.25, 0.3) is 10.9 Å². The van der Waals surface area contributed by atoms with Crippen LogP contribution in [0.1, 0.15) is 29.3 Å². The van der Waals surface area contributed by atoms with Gasteiger partial charge in [0.25, 0.3) is 11.5 Å². The third kappa shape index (κ3) is 4.38. The first-order valence-corrected chi connectivity index (χ1v) is 9.84. The number of nitrogens with one attached hydrogen (secondary N) is 3. The van der Waals surface area contributed by atoms with E-state index in [4.69, 9.17) is 12.2 Å². The fourth-order valence-corrected chi connectivity index (χ4v) is 3.24. The van der Waals surface area contributed by atoms with Crippen molar-refractivity contribution in [1.82, 2.24) is 9.55 Å².